The molecule has 4 heteroatoms. The van der Waals surface area contributed by atoms with E-state index < -0.39 is 0 Å². The fraction of sp³-hybridized carbons (Fsp3) is 0.368. The molecule has 2 aromatic rings. The molecule has 0 fully saturated rings. The van der Waals surface area contributed by atoms with E-state index in [9.17, 15) is 0 Å². The monoisotopic (exact) mass is 310 g/mol. The molecule has 122 valence electrons. The Kier molecular flexibility index (Phi) is 6.60. The predicted octanol–water partition coefficient (Wildman–Crippen LogP) is 3.60. The third-order valence-electron chi connectivity index (χ3n) is 3.74. The number of nitrogens with one attached hydrogen (secondary N) is 1. The highest BCUT2D eigenvalue weighted by molar-refractivity contribution is 5.83. The Labute approximate surface area is 138 Å². The fourth-order valence-electron chi connectivity index (χ4n) is 2.50. The zero-order valence-corrected chi connectivity index (χ0v) is 14.1. The van der Waals surface area contributed by atoms with Crippen molar-refractivity contribution < 1.29 is 0 Å². The average molecular weight is 310 g/mol. The minimum absolute atomic E-state index is 0.650. The van der Waals surface area contributed by atoms with Gasteiger partial charge in [-0.3, -0.25) is 4.98 Å². The molecule has 0 unspecified atom stereocenters. The van der Waals surface area contributed by atoms with Crippen LogP contribution in [0, 0.1) is 0 Å². The molecular weight excluding hydrogens is 284 g/mol. The second-order valence-corrected chi connectivity index (χ2v) is 5.51. The number of allylic oxidation sites excluding steroid dienone is 1. The smallest absolute Gasteiger partial charge is 0.193 e. The van der Waals surface area contributed by atoms with Crippen LogP contribution in [0.15, 0.2) is 54.2 Å². The Morgan fingerprint density at radius 1 is 1.35 bits per heavy atom. The first-order valence-corrected chi connectivity index (χ1v) is 8.19. The van der Waals surface area contributed by atoms with E-state index >= 15 is 0 Å². The fourth-order valence-corrected chi connectivity index (χ4v) is 2.50. The van der Waals surface area contributed by atoms with Crippen molar-refractivity contribution in [2.24, 2.45) is 4.99 Å². The van der Waals surface area contributed by atoms with E-state index in [1.807, 2.05) is 36.5 Å². The zero-order valence-electron chi connectivity index (χ0n) is 14.1. The van der Waals surface area contributed by atoms with Gasteiger partial charge in [-0.15, -0.1) is 6.58 Å². The van der Waals surface area contributed by atoms with Gasteiger partial charge in [0.05, 0.1) is 12.1 Å². The molecule has 0 saturated heterocycles. The summed E-state index contributed by atoms with van der Waals surface area (Å²) in [5, 5.41) is 4.53. The van der Waals surface area contributed by atoms with Crippen molar-refractivity contribution >= 4 is 16.9 Å². The van der Waals surface area contributed by atoms with Crippen LogP contribution < -0.4 is 5.32 Å². The highest BCUT2D eigenvalue weighted by atomic mass is 15.3. The first-order chi connectivity index (χ1) is 11.3. The van der Waals surface area contributed by atoms with Gasteiger partial charge in [-0.25, -0.2) is 4.99 Å². The van der Waals surface area contributed by atoms with E-state index in [-0.39, 0.29) is 0 Å². The topological polar surface area (TPSA) is 40.5 Å². The highest BCUT2D eigenvalue weighted by Crippen LogP contribution is 2.16. The average Bonchev–Trinajstić information content (AvgIpc) is 2.58. The summed E-state index contributed by atoms with van der Waals surface area (Å²) in [6.07, 6.45) is 5.93. The summed E-state index contributed by atoms with van der Waals surface area (Å²) >= 11 is 0. The molecule has 1 aromatic heterocycles. The van der Waals surface area contributed by atoms with Crippen molar-refractivity contribution in [3.8, 4) is 0 Å². The van der Waals surface area contributed by atoms with Gasteiger partial charge >= 0.3 is 0 Å². The first kappa shape index (κ1) is 17.0. The SMILES string of the molecule is C=CCCCN(C)C(=NCc1ccnc2ccccc12)NCC. The molecule has 23 heavy (non-hydrogen) atoms. The van der Waals surface area contributed by atoms with Crippen molar-refractivity contribution in [2.75, 3.05) is 20.1 Å². The van der Waals surface area contributed by atoms with Gasteiger partial charge < -0.3 is 10.2 Å². The Bertz CT molecular complexity index is 658. The van der Waals surface area contributed by atoms with Crippen molar-refractivity contribution in [3.05, 3.63) is 54.7 Å². The van der Waals surface area contributed by atoms with E-state index in [0.717, 1.165) is 37.4 Å². The van der Waals surface area contributed by atoms with E-state index in [1.165, 1.54) is 10.9 Å². The Morgan fingerprint density at radius 2 is 2.17 bits per heavy atom. The Hall–Kier alpha value is -2.36. The summed E-state index contributed by atoms with van der Waals surface area (Å²) in [6, 6.07) is 10.2. The lowest BCUT2D eigenvalue weighted by atomic mass is 10.1. The molecule has 0 bridgehead atoms. The van der Waals surface area contributed by atoms with Crippen molar-refractivity contribution in [1.82, 2.24) is 15.2 Å². The molecule has 0 aliphatic carbocycles. The van der Waals surface area contributed by atoms with Crippen LogP contribution in [0.25, 0.3) is 10.9 Å². The molecule has 0 atom stereocenters. The number of rotatable bonds is 7. The van der Waals surface area contributed by atoms with Gasteiger partial charge in [0.1, 0.15) is 0 Å². The molecule has 1 heterocycles. The molecule has 1 aromatic carbocycles. The number of hydrogen-bond donors (Lipinski definition) is 1. The number of aliphatic imine (C=N–C) groups is 1. The lowest BCUT2D eigenvalue weighted by Gasteiger charge is -2.21. The van der Waals surface area contributed by atoms with E-state index in [4.69, 9.17) is 4.99 Å². The predicted molar refractivity (Wildman–Crippen MR) is 98.6 cm³/mol. The molecule has 0 saturated carbocycles. The van der Waals surface area contributed by atoms with Crippen LogP contribution in [-0.4, -0.2) is 36.0 Å². The van der Waals surface area contributed by atoms with E-state index in [2.05, 4.69) is 41.8 Å². The largest absolute Gasteiger partial charge is 0.357 e. The maximum Gasteiger partial charge on any atom is 0.193 e. The first-order valence-electron chi connectivity index (χ1n) is 8.19. The third kappa shape index (κ3) is 4.81. The van der Waals surface area contributed by atoms with E-state index in [0.29, 0.717) is 6.54 Å². The third-order valence-corrected chi connectivity index (χ3v) is 3.74. The number of benzene rings is 1. The molecule has 1 N–H and O–H groups in total. The summed E-state index contributed by atoms with van der Waals surface area (Å²) in [4.78, 5) is 11.4. The summed E-state index contributed by atoms with van der Waals surface area (Å²) in [7, 11) is 2.08. The summed E-state index contributed by atoms with van der Waals surface area (Å²) in [5.74, 6) is 0.942. The molecule has 0 radical (unpaired) electrons. The van der Waals surface area contributed by atoms with Gasteiger partial charge in [0.2, 0.25) is 0 Å². The number of fused-ring (bicyclic) bond motifs is 1. The number of nitrogens with zero attached hydrogens (tertiary/aromatic N) is 3. The summed E-state index contributed by atoms with van der Waals surface area (Å²) < 4.78 is 0. The van der Waals surface area contributed by atoms with E-state index in [1.54, 1.807) is 0 Å². The maximum atomic E-state index is 4.79. The molecule has 0 amide bonds. The van der Waals surface area contributed by atoms with Crippen LogP contribution in [0.1, 0.15) is 25.3 Å². The van der Waals surface area contributed by atoms with Crippen LogP contribution in [0.2, 0.25) is 0 Å². The lowest BCUT2D eigenvalue weighted by Crippen LogP contribution is -2.39. The standard InChI is InChI=1S/C19H26N4/c1-4-6-9-14-23(3)19(20-5-2)22-15-16-12-13-21-18-11-8-7-10-17(16)18/h4,7-8,10-13H,1,5-6,9,14-15H2,2-3H3,(H,20,22). The summed E-state index contributed by atoms with van der Waals surface area (Å²) in [5.41, 5.74) is 2.22. The Balaban J connectivity index is 2.14. The minimum Gasteiger partial charge on any atom is -0.357 e. The van der Waals surface area contributed by atoms with Crippen LogP contribution >= 0.6 is 0 Å². The maximum absolute atomic E-state index is 4.79. The van der Waals surface area contributed by atoms with Gasteiger partial charge in [0.25, 0.3) is 0 Å². The highest BCUT2D eigenvalue weighted by Gasteiger charge is 2.06. The number of hydrogen-bond acceptors (Lipinski definition) is 2. The Morgan fingerprint density at radius 3 is 2.96 bits per heavy atom. The number of guanidine groups is 1. The normalized spacial score (nSPS) is 11.5. The van der Waals surface area contributed by atoms with Gasteiger partial charge in [-0.05, 0) is 37.5 Å². The molecule has 0 spiro atoms. The number of pyridine rings is 1. The second kappa shape index (κ2) is 8.93. The molecule has 0 aliphatic rings. The van der Waals surface area contributed by atoms with Crippen LogP contribution in [-0.2, 0) is 6.54 Å². The molecule has 0 aliphatic heterocycles. The summed E-state index contributed by atoms with van der Waals surface area (Å²) in [6.45, 7) is 8.35. The molecule has 4 nitrogen and oxygen atoms in total. The van der Waals surface area contributed by atoms with Gasteiger partial charge in [-0.1, -0.05) is 24.3 Å². The van der Waals surface area contributed by atoms with Crippen molar-refractivity contribution in [2.45, 2.75) is 26.3 Å². The van der Waals surface area contributed by atoms with Gasteiger partial charge in [0.15, 0.2) is 5.96 Å². The van der Waals surface area contributed by atoms with Crippen LogP contribution in [0.3, 0.4) is 0 Å². The molecular formula is C19H26N4. The number of aromatic nitrogens is 1. The van der Waals surface area contributed by atoms with Crippen molar-refractivity contribution in [1.29, 1.82) is 0 Å². The molecule has 2 rings (SSSR count). The van der Waals surface area contributed by atoms with Crippen LogP contribution in [0.5, 0.6) is 0 Å². The number of para-hydroxylation sites is 1. The number of unbranched alkanes of at least 4 members (excludes halogenated alkanes) is 1. The minimum atomic E-state index is 0.650. The zero-order chi connectivity index (χ0) is 16.5. The van der Waals surface area contributed by atoms with Gasteiger partial charge in [-0.2, -0.15) is 0 Å². The second-order valence-electron chi connectivity index (χ2n) is 5.51. The lowest BCUT2D eigenvalue weighted by molar-refractivity contribution is 0.470. The van der Waals surface area contributed by atoms with Crippen molar-refractivity contribution in [3.63, 3.8) is 0 Å². The quantitative estimate of drug-likeness (QED) is 0.368. The van der Waals surface area contributed by atoms with Crippen LogP contribution in [0.4, 0.5) is 0 Å². The van der Waals surface area contributed by atoms with Gasteiger partial charge in [0, 0.05) is 31.7 Å².